The van der Waals surface area contributed by atoms with Gasteiger partial charge in [-0.3, -0.25) is 0 Å². The average molecular weight is 487 g/mol. The van der Waals surface area contributed by atoms with Crippen molar-refractivity contribution >= 4 is 18.1 Å². The highest BCUT2D eigenvalue weighted by molar-refractivity contribution is 5.76. The minimum atomic E-state index is -0.951. The lowest BCUT2D eigenvalue weighted by molar-refractivity contribution is -0.149. The molecule has 1 aliphatic carbocycles. The number of carboxylic acids is 1. The number of aryl methyl sites for hydroxylation is 1. The highest BCUT2D eigenvalue weighted by atomic mass is 16.5. The van der Waals surface area contributed by atoms with Gasteiger partial charge in [0.2, 0.25) is 0 Å². The molecule has 0 bridgehead atoms. The van der Waals surface area contributed by atoms with Crippen molar-refractivity contribution in [2.75, 3.05) is 19.8 Å². The zero-order chi connectivity index (χ0) is 25.3. The molecule has 3 aromatic carbocycles. The number of benzene rings is 3. The Morgan fingerprint density at radius 2 is 1.61 bits per heavy atom. The number of fused-ring (bicyclic) bond motifs is 2. The molecule has 0 spiro atoms. The molecule has 0 radical (unpaired) electrons. The van der Waals surface area contributed by atoms with Crippen LogP contribution in [0.2, 0.25) is 0 Å². The summed E-state index contributed by atoms with van der Waals surface area (Å²) < 4.78 is 17.6. The maximum absolute atomic E-state index is 11.3. The summed E-state index contributed by atoms with van der Waals surface area (Å²) in [6.45, 7) is 5.20. The van der Waals surface area contributed by atoms with Crippen molar-refractivity contribution < 1.29 is 24.1 Å². The Kier molecular flexibility index (Phi) is 8.93. The highest BCUT2D eigenvalue weighted by Crippen LogP contribution is 2.36. The van der Waals surface area contributed by atoms with Gasteiger partial charge in [-0.2, -0.15) is 0 Å². The van der Waals surface area contributed by atoms with Gasteiger partial charge in [0, 0.05) is 13.0 Å². The van der Waals surface area contributed by atoms with E-state index < -0.39 is 12.1 Å². The lowest BCUT2D eigenvalue weighted by Crippen LogP contribution is -2.26. The first-order chi connectivity index (χ1) is 17.6. The molecule has 0 heterocycles. The van der Waals surface area contributed by atoms with Crippen LogP contribution in [0.1, 0.15) is 59.8 Å². The maximum Gasteiger partial charge on any atom is 0.333 e. The fourth-order valence-corrected chi connectivity index (χ4v) is 4.56. The molecule has 188 valence electrons. The Morgan fingerprint density at radius 1 is 0.889 bits per heavy atom. The Balaban J connectivity index is 1.39. The summed E-state index contributed by atoms with van der Waals surface area (Å²) in [7, 11) is 0. The van der Waals surface area contributed by atoms with Crippen LogP contribution in [0.3, 0.4) is 0 Å². The monoisotopic (exact) mass is 486 g/mol. The largest absolute Gasteiger partial charge is 0.491 e. The number of hydrogen-bond acceptors (Lipinski definition) is 4. The molecule has 0 fully saturated rings. The second-order valence-electron chi connectivity index (χ2n) is 8.91. The van der Waals surface area contributed by atoms with Gasteiger partial charge in [0.15, 0.2) is 6.10 Å². The van der Waals surface area contributed by atoms with Crippen LogP contribution in [0.4, 0.5) is 0 Å². The van der Waals surface area contributed by atoms with Crippen LogP contribution in [0, 0.1) is 0 Å². The van der Waals surface area contributed by atoms with Gasteiger partial charge in [0.05, 0.1) is 6.61 Å². The number of rotatable bonds is 12. The first-order valence-electron chi connectivity index (χ1n) is 12.7. The van der Waals surface area contributed by atoms with Crippen molar-refractivity contribution in [3.05, 3.63) is 100 Å². The number of hydrogen-bond donors (Lipinski definition) is 1. The molecule has 1 N–H and O–H groups in total. The molecule has 0 aromatic heterocycles. The zero-order valence-corrected chi connectivity index (χ0v) is 21.0. The van der Waals surface area contributed by atoms with Gasteiger partial charge in [0.1, 0.15) is 18.5 Å². The number of ether oxygens (including phenoxy) is 3. The molecule has 5 nitrogen and oxygen atoms in total. The van der Waals surface area contributed by atoms with Crippen molar-refractivity contribution in [2.45, 2.75) is 45.3 Å². The Morgan fingerprint density at radius 3 is 2.36 bits per heavy atom. The van der Waals surface area contributed by atoms with Gasteiger partial charge in [-0.15, -0.1) is 0 Å². The van der Waals surface area contributed by atoms with E-state index in [0.717, 1.165) is 29.7 Å². The van der Waals surface area contributed by atoms with Crippen molar-refractivity contribution in [3.8, 4) is 5.75 Å². The molecule has 2 atom stereocenters. The van der Waals surface area contributed by atoms with Gasteiger partial charge in [-0.1, -0.05) is 80.1 Å². The predicted octanol–water partition coefficient (Wildman–Crippen LogP) is 6.34. The first-order valence-corrected chi connectivity index (χ1v) is 12.7. The number of carbonyl (C=O) groups is 1. The van der Waals surface area contributed by atoms with Crippen molar-refractivity contribution in [1.29, 1.82) is 0 Å². The third-order valence-corrected chi connectivity index (χ3v) is 6.32. The van der Waals surface area contributed by atoms with Crippen LogP contribution in [0.15, 0.2) is 66.7 Å². The summed E-state index contributed by atoms with van der Waals surface area (Å²) in [4.78, 5) is 11.3. The smallest absolute Gasteiger partial charge is 0.333 e. The minimum absolute atomic E-state index is 0.167. The Hall–Kier alpha value is -3.41. The summed E-state index contributed by atoms with van der Waals surface area (Å²) in [5, 5.41) is 9.28. The summed E-state index contributed by atoms with van der Waals surface area (Å²) in [6.07, 6.45) is 5.86. The summed E-state index contributed by atoms with van der Waals surface area (Å²) in [5.41, 5.74) is 6.92. The number of aliphatic carboxylic acids is 1. The third kappa shape index (κ3) is 6.42. The molecule has 0 saturated heterocycles. The second kappa shape index (κ2) is 12.5. The van der Waals surface area contributed by atoms with Crippen LogP contribution >= 0.6 is 0 Å². The topological polar surface area (TPSA) is 65.0 Å². The van der Waals surface area contributed by atoms with Gasteiger partial charge in [-0.05, 0) is 58.9 Å². The maximum atomic E-state index is 11.3. The van der Waals surface area contributed by atoms with Crippen LogP contribution in [-0.2, 0) is 27.1 Å². The molecular weight excluding hydrogens is 452 g/mol. The lowest BCUT2D eigenvalue weighted by Gasteiger charge is -2.22. The van der Waals surface area contributed by atoms with E-state index in [9.17, 15) is 9.90 Å². The number of carboxylic acid groups (broad SMARTS) is 1. The van der Waals surface area contributed by atoms with Crippen molar-refractivity contribution in [1.82, 2.24) is 0 Å². The molecule has 0 amide bonds. The van der Waals surface area contributed by atoms with Crippen LogP contribution in [-0.4, -0.2) is 37.0 Å². The summed E-state index contributed by atoms with van der Waals surface area (Å²) in [5.74, 6) is -0.231. The standard InChI is InChI=1S/C31H34O5/c1-3-7-22-12-17-28-25(20-22)14-13-24-8-5-6-9-27(24)30(28)36-19-18-35-26-15-10-23(11-16-26)21-29(31(32)33)34-4-2/h5-6,8-17,20,29-30H,3-4,7,18-19,21H2,1-2H3,(H,32,33). The normalized spacial score (nSPS) is 15.0. The molecule has 5 heteroatoms. The molecule has 0 aliphatic heterocycles. The van der Waals surface area contributed by atoms with E-state index in [1.54, 1.807) is 6.92 Å². The molecule has 0 saturated carbocycles. The third-order valence-electron chi connectivity index (χ3n) is 6.32. The van der Waals surface area contributed by atoms with Crippen LogP contribution in [0.5, 0.6) is 5.75 Å². The van der Waals surface area contributed by atoms with Crippen molar-refractivity contribution in [2.24, 2.45) is 0 Å². The SMILES string of the molecule is CCCc1ccc2c(c1)C=Cc1ccccc1C2OCCOc1ccc(CC(OCC)C(=O)O)cc1. The van der Waals surface area contributed by atoms with E-state index in [-0.39, 0.29) is 6.10 Å². The second-order valence-corrected chi connectivity index (χ2v) is 8.91. The van der Waals surface area contributed by atoms with Crippen molar-refractivity contribution in [3.63, 3.8) is 0 Å². The molecule has 3 aromatic rings. The van der Waals surface area contributed by atoms with Crippen LogP contribution in [0.25, 0.3) is 12.2 Å². The molecular formula is C31H34O5. The summed E-state index contributed by atoms with van der Waals surface area (Å²) in [6, 6.07) is 22.5. The molecule has 1 aliphatic rings. The summed E-state index contributed by atoms with van der Waals surface area (Å²) >= 11 is 0. The van der Waals surface area contributed by atoms with Gasteiger partial charge < -0.3 is 19.3 Å². The van der Waals surface area contributed by atoms with E-state index in [2.05, 4.69) is 61.5 Å². The van der Waals surface area contributed by atoms with E-state index in [1.165, 1.54) is 22.3 Å². The lowest BCUT2D eigenvalue weighted by atomic mass is 9.94. The van der Waals surface area contributed by atoms with E-state index in [4.69, 9.17) is 14.2 Å². The Bertz CT molecular complexity index is 1180. The quantitative estimate of drug-likeness (QED) is 0.303. The zero-order valence-electron chi connectivity index (χ0n) is 21.0. The predicted molar refractivity (Wildman–Crippen MR) is 142 cm³/mol. The Labute approximate surface area is 213 Å². The first kappa shape index (κ1) is 25.7. The van der Waals surface area contributed by atoms with Crippen LogP contribution < -0.4 is 4.74 Å². The van der Waals surface area contributed by atoms with Gasteiger partial charge in [-0.25, -0.2) is 4.79 Å². The molecule has 36 heavy (non-hydrogen) atoms. The fourth-order valence-electron chi connectivity index (χ4n) is 4.56. The minimum Gasteiger partial charge on any atom is -0.491 e. The average Bonchev–Trinajstić information content (AvgIpc) is 3.04. The van der Waals surface area contributed by atoms with E-state index in [1.807, 2.05) is 24.3 Å². The fraction of sp³-hybridized carbons (Fsp3) is 0.323. The molecule has 2 unspecified atom stereocenters. The van der Waals surface area contributed by atoms with Gasteiger partial charge >= 0.3 is 5.97 Å². The highest BCUT2D eigenvalue weighted by Gasteiger charge is 2.22. The van der Waals surface area contributed by atoms with Gasteiger partial charge in [0.25, 0.3) is 0 Å². The molecule has 4 rings (SSSR count). The van der Waals surface area contributed by atoms with E-state index in [0.29, 0.717) is 26.2 Å². The van der Waals surface area contributed by atoms with E-state index >= 15 is 0 Å².